The van der Waals surface area contributed by atoms with E-state index in [9.17, 15) is 9.59 Å². The molecule has 1 fully saturated rings. The van der Waals surface area contributed by atoms with Gasteiger partial charge >= 0.3 is 12.0 Å². The third-order valence-electron chi connectivity index (χ3n) is 4.88. The number of esters is 1. The van der Waals surface area contributed by atoms with Crippen molar-refractivity contribution in [3.63, 3.8) is 0 Å². The van der Waals surface area contributed by atoms with Crippen molar-refractivity contribution in [3.8, 4) is 11.5 Å². The van der Waals surface area contributed by atoms with Gasteiger partial charge < -0.3 is 24.3 Å². The topological polar surface area (TPSA) is 95.5 Å². The highest BCUT2D eigenvalue weighted by molar-refractivity contribution is 6.08. The zero-order valence-corrected chi connectivity index (χ0v) is 16.4. The first kappa shape index (κ1) is 20.1. The molecule has 28 heavy (non-hydrogen) atoms. The second-order valence-corrected chi connectivity index (χ2v) is 6.77. The molecule has 0 aliphatic carbocycles. The number of ether oxygens (including phenoxy) is 4. The van der Waals surface area contributed by atoms with Crippen molar-refractivity contribution in [3.05, 3.63) is 23.8 Å². The fourth-order valence-corrected chi connectivity index (χ4v) is 3.49. The van der Waals surface area contributed by atoms with Crippen LogP contribution >= 0.6 is 0 Å². The average molecular weight is 390 g/mol. The molecule has 3 atom stereocenters. The van der Waals surface area contributed by atoms with Gasteiger partial charge in [0.1, 0.15) is 12.5 Å². The minimum absolute atomic E-state index is 0.0663. The zero-order chi connectivity index (χ0) is 20.1. The lowest BCUT2D eigenvalue weighted by Gasteiger charge is -2.30. The summed E-state index contributed by atoms with van der Waals surface area (Å²) in [5, 5.41) is 2.77. The molecule has 2 aliphatic rings. The fraction of sp³-hybridized carbons (Fsp3) is 0.550. The van der Waals surface area contributed by atoms with Crippen LogP contribution < -0.4 is 14.8 Å². The Morgan fingerprint density at radius 3 is 2.86 bits per heavy atom. The van der Waals surface area contributed by atoms with Crippen molar-refractivity contribution in [2.75, 3.05) is 26.9 Å². The van der Waals surface area contributed by atoms with Crippen LogP contribution in [-0.2, 0) is 14.3 Å². The number of nitrogens with zero attached hydrogens (tertiary/aromatic N) is 1. The van der Waals surface area contributed by atoms with Gasteiger partial charge in [-0.25, -0.2) is 9.79 Å². The first-order valence-electron chi connectivity index (χ1n) is 9.48. The maximum absolute atomic E-state index is 12.8. The summed E-state index contributed by atoms with van der Waals surface area (Å²) in [6.45, 7) is 4.94. The average Bonchev–Trinajstić information content (AvgIpc) is 3.19. The molecule has 0 spiro atoms. The molecular weight excluding hydrogens is 364 g/mol. The number of carbonyl (C=O) groups excluding carboxylic acids is 2. The number of hydrogen-bond donors (Lipinski definition) is 1. The van der Waals surface area contributed by atoms with E-state index >= 15 is 0 Å². The SMILES string of the molecule is CCOc1ccc(C2NC(=O)N=C(C)C2C(=O)OCC2CCCO2)cc1OC. The summed E-state index contributed by atoms with van der Waals surface area (Å²) in [5.41, 5.74) is 1.13. The molecule has 3 unspecified atom stereocenters. The van der Waals surface area contributed by atoms with E-state index < -0.39 is 24.0 Å². The number of methoxy groups -OCH3 is 1. The maximum atomic E-state index is 12.8. The number of rotatable bonds is 7. The maximum Gasteiger partial charge on any atom is 0.341 e. The summed E-state index contributed by atoms with van der Waals surface area (Å²) in [7, 11) is 1.54. The summed E-state index contributed by atoms with van der Waals surface area (Å²) in [5.74, 6) is -0.0321. The van der Waals surface area contributed by atoms with E-state index in [0.29, 0.717) is 36.0 Å². The van der Waals surface area contributed by atoms with Crippen LogP contribution in [-0.4, -0.2) is 50.7 Å². The number of hydrogen-bond acceptors (Lipinski definition) is 6. The smallest absolute Gasteiger partial charge is 0.341 e. The van der Waals surface area contributed by atoms with Crippen molar-refractivity contribution < 1.29 is 28.5 Å². The molecule has 152 valence electrons. The summed E-state index contributed by atoms with van der Waals surface area (Å²) in [4.78, 5) is 28.7. The Bertz CT molecular complexity index is 757. The molecule has 8 nitrogen and oxygen atoms in total. The van der Waals surface area contributed by atoms with Gasteiger partial charge in [-0.05, 0) is 44.4 Å². The lowest BCUT2D eigenvalue weighted by Crippen LogP contribution is -2.44. The van der Waals surface area contributed by atoms with Gasteiger partial charge in [0.05, 0.1) is 25.9 Å². The van der Waals surface area contributed by atoms with E-state index in [1.54, 1.807) is 32.2 Å². The molecule has 0 aromatic heterocycles. The Morgan fingerprint density at radius 1 is 1.36 bits per heavy atom. The Labute approximate surface area is 164 Å². The molecular formula is C20H26N2O6. The van der Waals surface area contributed by atoms with Gasteiger partial charge in [-0.2, -0.15) is 0 Å². The lowest BCUT2D eigenvalue weighted by atomic mass is 9.88. The third-order valence-corrected chi connectivity index (χ3v) is 4.88. The summed E-state index contributed by atoms with van der Waals surface area (Å²) >= 11 is 0. The molecule has 8 heteroatoms. The second-order valence-electron chi connectivity index (χ2n) is 6.77. The van der Waals surface area contributed by atoms with E-state index in [4.69, 9.17) is 18.9 Å². The van der Waals surface area contributed by atoms with Gasteiger partial charge in [-0.1, -0.05) is 6.07 Å². The molecule has 2 aliphatic heterocycles. The van der Waals surface area contributed by atoms with Crippen LogP contribution in [0.5, 0.6) is 11.5 Å². The molecule has 2 heterocycles. The minimum atomic E-state index is -0.721. The first-order chi connectivity index (χ1) is 13.5. The largest absolute Gasteiger partial charge is 0.493 e. The highest BCUT2D eigenvalue weighted by Crippen LogP contribution is 2.34. The quantitative estimate of drug-likeness (QED) is 0.719. The zero-order valence-electron chi connectivity index (χ0n) is 16.4. The van der Waals surface area contributed by atoms with Gasteiger partial charge in [0.25, 0.3) is 0 Å². The van der Waals surface area contributed by atoms with Gasteiger partial charge in [0, 0.05) is 12.3 Å². The minimum Gasteiger partial charge on any atom is -0.493 e. The fourth-order valence-electron chi connectivity index (χ4n) is 3.49. The van der Waals surface area contributed by atoms with Gasteiger partial charge in [-0.15, -0.1) is 0 Å². The number of amides is 2. The molecule has 0 radical (unpaired) electrons. The predicted molar refractivity (Wildman–Crippen MR) is 102 cm³/mol. The highest BCUT2D eigenvalue weighted by atomic mass is 16.6. The van der Waals surface area contributed by atoms with Crippen molar-refractivity contribution in [1.82, 2.24) is 5.32 Å². The molecule has 1 saturated heterocycles. The van der Waals surface area contributed by atoms with Crippen LogP contribution in [0.3, 0.4) is 0 Å². The number of aliphatic imine (C=N–C) groups is 1. The number of urea groups is 1. The molecule has 0 saturated carbocycles. The molecule has 0 bridgehead atoms. The molecule has 3 rings (SSSR count). The number of nitrogens with one attached hydrogen (secondary N) is 1. The van der Waals surface area contributed by atoms with Gasteiger partial charge in [0.15, 0.2) is 11.5 Å². The van der Waals surface area contributed by atoms with E-state index in [1.807, 2.05) is 6.92 Å². The van der Waals surface area contributed by atoms with Gasteiger partial charge in [0.2, 0.25) is 0 Å². The van der Waals surface area contributed by atoms with Crippen LogP contribution in [0, 0.1) is 5.92 Å². The van der Waals surface area contributed by atoms with Crippen LogP contribution in [0.2, 0.25) is 0 Å². The molecule has 2 amide bonds. The Kier molecular flexibility index (Phi) is 6.51. The normalized spacial score (nSPS) is 24.3. The van der Waals surface area contributed by atoms with Crippen molar-refractivity contribution in [1.29, 1.82) is 0 Å². The van der Waals surface area contributed by atoms with E-state index in [2.05, 4.69) is 10.3 Å². The lowest BCUT2D eigenvalue weighted by molar-refractivity contribution is -0.150. The predicted octanol–water partition coefficient (Wildman–Crippen LogP) is 2.66. The first-order valence-corrected chi connectivity index (χ1v) is 9.48. The van der Waals surface area contributed by atoms with Crippen molar-refractivity contribution >= 4 is 17.7 Å². The van der Waals surface area contributed by atoms with Crippen LogP contribution in [0.15, 0.2) is 23.2 Å². The standard InChI is InChI=1S/C20H26N2O6/c1-4-26-15-8-7-13(10-16(15)25-3)18-17(12(2)21-20(24)22-18)19(23)28-11-14-6-5-9-27-14/h7-8,10,14,17-18H,4-6,9,11H2,1-3H3,(H,22,24). The Morgan fingerprint density at radius 2 is 2.18 bits per heavy atom. The molecule has 1 N–H and O–H groups in total. The number of carbonyl (C=O) groups is 2. The van der Waals surface area contributed by atoms with Gasteiger partial charge in [-0.3, -0.25) is 4.79 Å². The summed E-state index contributed by atoms with van der Waals surface area (Å²) in [6.07, 6.45) is 1.78. The summed E-state index contributed by atoms with van der Waals surface area (Å²) in [6, 6.07) is 4.23. The Hall–Kier alpha value is -2.61. The van der Waals surface area contributed by atoms with Crippen LogP contribution in [0.1, 0.15) is 38.3 Å². The second kappa shape index (κ2) is 9.05. The van der Waals surface area contributed by atoms with Crippen LogP contribution in [0.4, 0.5) is 4.79 Å². The van der Waals surface area contributed by atoms with E-state index in [1.165, 1.54) is 0 Å². The summed E-state index contributed by atoms with van der Waals surface area (Å²) < 4.78 is 21.9. The van der Waals surface area contributed by atoms with E-state index in [0.717, 1.165) is 12.8 Å². The van der Waals surface area contributed by atoms with Crippen LogP contribution in [0.25, 0.3) is 0 Å². The third kappa shape index (κ3) is 4.44. The van der Waals surface area contributed by atoms with E-state index in [-0.39, 0.29) is 12.7 Å². The van der Waals surface area contributed by atoms with Crippen molar-refractivity contribution in [2.24, 2.45) is 10.9 Å². The monoisotopic (exact) mass is 390 g/mol. The van der Waals surface area contributed by atoms with Crippen molar-refractivity contribution in [2.45, 2.75) is 38.8 Å². The molecule has 1 aromatic carbocycles. The number of benzene rings is 1. The highest BCUT2D eigenvalue weighted by Gasteiger charge is 2.38. The Balaban J connectivity index is 1.83. The molecule has 1 aromatic rings.